The van der Waals surface area contributed by atoms with E-state index in [4.69, 9.17) is 0 Å². The van der Waals surface area contributed by atoms with E-state index in [1.54, 1.807) is 16.0 Å². The van der Waals surface area contributed by atoms with E-state index in [9.17, 15) is 0 Å². The molecule has 314 valence electrons. The summed E-state index contributed by atoms with van der Waals surface area (Å²) < 4.78 is 1.53. The van der Waals surface area contributed by atoms with Gasteiger partial charge in [0.2, 0.25) is 0 Å². The standard InChI is InChI=1S/C56H71BN2S/c1-50(2,3)34-18-22-37(23-19-34)58-42-33-40-39(53(10,11)26-27-54(40,12)13)32-41(42)57-46-43(58)30-36(52(7,8)9)31-44(46)59(38-24-20-35(21-25-38)51(4,5)6)47-45-48(60-49(47)57)56(16,17)29-28-55(45,14)15/h18-25,30-33H,26-29H2,1-17H3. The summed E-state index contributed by atoms with van der Waals surface area (Å²) in [5.41, 5.74) is 20.1. The van der Waals surface area contributed by atoms with Crippen LogP contribution in [0.15, 0.2) is 72.8 Å². The van der Waals surface area contributed by atoms with Crippen LogP contribution in [-0.4, -0.2) is 6.71 Å². The highest BCUT2D eigenvalue weighted by atomic mass is 32.1. The predicted molar refractivity (Wildman–Crippen MR) is 265 cm³/mol. The molecule has 4 heteroatoms. The fourth-order valence-corrected chi connectivity index (χ4v) is 12.8. The quantitative estimate of drug-likeness (QED) is 0.160. The number of rotatable bonds is 2. The topological polar surface area (TPSA) is 6.48 Å². The molecule has 0 unspecified atom stereocenters. The molecule has 0 fully saturated rings. The van der Waals surface area contributed by atoms with Gasteiger partial charge in [-0.25, -0.2) is 0 Å². The van der Waals surface area contributed by atoms with Crippen molar-refractivity contribution in [1.29, 1.82) is 0 Å². The lowest BCUT2D eigenvalue weighted by molar-refractivity contribution is 0.332. The summed E-state index contributed by atoms with van der Waals surface area (Å²) in [4.78, 5) is 7.01. The minimum absolute atomic E-state index is 0.0424. The second-order valence-electron chi connectivity index (χ2n) is 24.9. The molecule has 0 radical (unpaired) electrons. The summed E-state index contributed by atoms with van der Waals surface area (Å²) in [6, 6.07) is 29.7. The number of nitrogens with zero attached hydrogens (tertiary/aromatic N) is 2. The van der Waals surface area contributed by atoms with E-state index in [1.165, 1.54) is 97.8 Å². The average molecular weight is 815 g/mol. The molecule has 0 saturated heterocycles. The number of thiophene rings is 1. The number of benzene rings is 4. The van der Waals surface area contributed by atoms with Gasteiger partial charge in [-0.1, -0.05) is 148 Å². The van der Waals surface area contributed by atoms with Crippen molar-refractivity contribution >= 4 is 67.9 Å². The van der Waals surface area contributed by atoms with Crippen molar-refractivity contribution < 1.29 is 0 Å². The smallest absolute Gasteiger partial charge is 0.264 e. The third-order valence-corrected chi connectivity index (χ3v) is 17.0. The van der Waals surface area contributed by atoms with E-state index in [0.717, 1.165) is 0 Å². The molecule has 0 atom stereocenters. The van der Waals surface area contributed by atoms with Crippen molar-refractivity contribution in [2.75, 3.05) is 9.80 Å². The summed E-state index contributed by atoms with van der Waals surface area (Å²) in [5, 5.41) is 0. The second kappa shape index (κ2) is 12.9. The van der Waals surface area contributed by atoms with Gasteiger partial charge in [0, 0.05) is 38.1 Å². The minimum Gasteiger partial charge on any atom is -0.311 e. The Labute approximate surface area is 368 Å². The molecule has 2 nitrogen and oxygen atoms in total. The van der Waals surface area contributed by atoms with Gasteiger partial charge >= 0.3 is 0 Å². The van der Waals surface area contributed by atoms with Gasteiger partial charge in [-0.2, -0.15) is 11.3 Å². The Balaban J connectivity index is 1.45. The molecule has 2 aliphatic carbocycles. The molecule has 0 saturated carbocycles. The van der Waals surface area contributed by atoms with E-state index in [2.05, 4.69) is 212 Å². The summed E-state index contributed by atoms with van der Waals surface area (Å²) in [5.74, 6) is 0. The number of anilines is 6. The van der Waals surface area contributed by atoms with Gasteiger partial charge in [-0.15, -0.1) is 0 Å². The van der Waals surface area contributed by atoms with Crippen LogP contribution in [0, 0.1) is 0 Å². The van der Waals surface area contributed by atoms with Crippen LogP contribution < -0.4 is 25.5 Å². The van der Waals surface area contributed by atoms with Crippen LogP contribution in [0.5, 0.6) is 0 Å². The Morgan fingerprint density at radius 3 is 1.42 bits per heavy atom. The molecular formula is C56H71BN2S. The van der Waals surface area contributed by atoms with E-state index in [-0.39, 0.29) is 44.6 Å². The molecule has 0 amide bonds. The maximum atomic E-state index is 2.74. The number of fused-ring (bicyclic) bond motifs is 7. The summed E-state index contributed by atoms with van der Waals surface area (Å²) in [6.45, 7) is 41.3. The fourth-order valence-electron chi connectivity index (χ4n) is 11.0. The lowest BCUT2D eigenvalue weighted by Gasteiger charge is -2.48. The Morgan fingerprint density at radius 2 is 0.917 bits per heavy atom. The number of hydrogen-bond donors (Lipinski definition) is 0. The predicted octanol–water partition coefficient (Wildman–Crippen LogP) is 14.4. The third-order valence-electron chi connectivity index (χ3n) is 15.4. The van der Waals surface area contributed by atoms with Crippen LogP contribution in [0.25, 0.3) is 0 Å². The third kappa shape index (κ3) is 6.30. The van der Waals surface area contributed by atoms with E-state index in [0.29, 0.717) is 0 Å². The normalized spacial score (nSPS) is 19.6. The molecule has 4 aromatic carbocycles. The van der Waals surface area contributed by atoms with Gasteiger partial charge < -0.3 is 9.80 Å². The first-order valence-electron chi connectivity index (χ1n) is 23.0. The van der Waals surface area contributed by atoms with Crippen molar-refractivity contribution in [2.45, 2.75) is 181 Å². The zero-order chi connectivity index (χ0) is 43.5. The molecule has 5 aromatic rings. The van der Waals surface area contributed by atoms with Gasteiger partial charge in [-0.05, 0) is 150 Å². The molecule has 2 aliphatic heterocycles. The number of hydrogen-bond acceptors (Lipinski definition) is 3. The lowest BCUT2D eigenvalue weighted by atomic mass is 9.35. The highest BCUT2D eigenvalue weighted by molar-refractivity contribution is 7.29. The van der Waals surface area contributed by atoms with Crippen LogP contribution in [-0.2, 0) is 37.9 Å². The zero-order valence-corrected chi connectivity index (χ0v) is 41.0. The fraction of sp³-hybridized carbons (Fsp3) is 0.500. The van der Waals surface area contributed by atoms with Crippen molar-refractivity contribution in [2.24, 2.45) is 0 Å². The van der Waals surface area contributed by atoms with E-state index in [1.807, 2.05) is 0 Å². The summed E-state index contributed by atoms with van der Waals surface area (Å²) >= 11 is 2.14. The van der Waals surface area contributed by atoms with E-state index < -0.39 is 0 Å². The first kappa shape index (κ1) is 41.6. The van der Waals surface area contributed by atoms with Crippen LogP contribution in [0.1, 0.15) is 182 Å². The second-order valence-corrected chi connectivity index (χ2v) is 25.9. The molecule has 9 rings (SSSR count). The van der Waals surface area contributed by atoms with Gasteiger partial charge in [-0.3, -0.25) is 0 Å². The van der Waals surface area contributed by atoms with Crippen molar-refractivity contribution in [3.63, 3.8) is 0 Å². The molecular weight excluding hydrogens is 744 g/mol. The highest BCUT2D eigenvalue weighted by Crippen LogP contribution is 2.57. The minimum atomic E-state index is -0.0672. The van der Waals surface area contributed by atoms with Crippen LogP contribution in [0.3, 0.4) is 0 Å². The maximum Gasteiger partial charge on any atom is 0.264 e. The molecule has 0 spiro atoms. The Bertz CT molecular complexity index is 2540. The summed E-state index contributed by atoms with van der Waals surface area (Å²) in [7, 11) is 0. The molecule has 1 aromatic heterocycles. The first-order valence-corrected chi connectivity index (χ1v) is 23.8. The van der Waals surface area contributed by atoms with Gasteiger partial charge in [0.25, 0.3) is 6.71 Å². The monoisotopic (exact) mass is 815 g/mol. The van der Waals surface area contributed by atoms with Gasteiger partial charge in [0.05, 0.1) is 5.69 Å². The lowest BCUT2D eigenvalue weighted by Crippen LogP contribution is -2.61. The van der Waals surface area contributed by atoms with E-state index >= 15 is 0 Å². The average Bonchev–Trinajstić information content (AvgIpc) is 3.57. The van der Waals surface area contributed by atoms with Crippen LogP contribution in [0.4, 0.5) is 34.1 Å². The van der Waals surface area contributed by atoms with Crippen molar-refractivity contribution in [1.82, 2.24) is 0 Å². The van der Waals surface area contributed by atoms with Crippen LogP contribution in [0.2, 0.25) is 0 Å². The molecule has 3 heterocycles. The largest absolute Gasteiger partial charge is 0.311 e. The van der Waals surface area contributed by atoms with Gasteiger partial charge in [0.1, 0.15) is 0 Å². The summed E-state index contributed by atoms with van der Waals surface area (Å²) in [6.07, 6.45) is 4.78. The maximum absolute atomic E-state index is 2.74. The Morgan fingerprint density at radius 1 is 0.483 bits per heavy atom. The first-order chi connectivity index (χ1) is 27.6. The molecule has 60 heavy (non-hydrogen) atoms. The Kier molecular flexibility index (Phi) is 8.94. The highest BCUT2D eigenvalue weighted by Gasteiger charge is 2.52. The van der Waals surface area contributed by atoms with Crippen molar-refractivity contribution in [3.8, 4) is 0 Å². The molecule has 4 aliphatic rings. The SMILES string of the molecule is CC(C)(C)c1ccc(N2c3cc4c(cc3B3c5sc6c(c5N(c5ccc(C(C)(C)C)cc5)c5cc(C(C)(C)C)cc2c53)C(C)(C)CCC6(C)C)C(C)(C)CCC4(C)C)cc1. The molecule has 0 N–H and O–H groups in total. The molecule has 0 bridgehead atoms. The van der Waals surface area contributed by atoms with Gasteiger partial charge in [0.15, 0.2) is 0 Å². The zero-order valence-electron chi connectivity index (χ0n) is 40.1. The Hall–Kier alpha value is -3.76. The van der Waals surface area contributed by atoms with Crippen molar-refractivity contribution in [3.05, 3.63) is 111 Å². The van der Waals surface area contributed by atoms with Crippen LogP contribution >= 0.6 is 11.3 Å².